The van der Waals surface area contributed by atoms with E-state index < -0.39 is 0 Å². The van der Waals surface area contributed by atoms with Gasteiger partial charge < -0.3 is 16.4 Å². The minimum atomic E-state index is 0.705. The lowest BCUT2D eigenvalue weighted by Gasteiger charge is -1.99. The van der Waals surface area contributed by atoms with Gasteiger partial charge in [-0.15, -0.1) is 0 Å². The summed E-state index contributed by atoms with van der Waals surface area (Å²) >= 11 is 0. The fourth-order valence-corrected chi connectivity index (χ4v) is 0.404. The summed E-state index contributed by atoms with van der Waals surface area (Å²) in [5, 5.41) is 5.88. The van der Waals surface area contributed by atoms with Gasteiger partial charge in [-0.1, -0.05) is 0 Å². The van der Waals surface area contributed by atoms with E-state index >= 15 is 0 Å². The first kappa shape index (κ1) is 7.88. The van der Waals surface area contributed by atoms with Crippen molar-refractivity contribution >= 4 is 0 Å². The first-order valence-electron chi connectivity index (χ1n) is 2.82. The van der Waals surface area contributed by atoms with Crippen LogP contribution in [0.1, 0.15) is 0 Å². The van der Waals surface area contributed by atoms with Crippen LogP contribution in [0.3, 0.4) is 0 Å². The fraction of sp³-hybridized carbons (Fsp3) is 0.800. The van der Waals surface area contributed by atoms with Crippen molar-refractivity contribution in [2.45, 2.75) is 0 Å². The zero-order valence-electron chi connectivity index (χ0n) is 5.11. The van der Waals surface area contributed by atoms with Gasteiger partial charge in [0.05, 0.1) is 0 Å². The number of nitrogens with one attached hydrogen (secondary N) is 2. The molecule has 0 spiro atoms. The van der Waals surface area contributed by atoms with Gasteiger partial charge in [-0.25, -0.2) is 0 Å². The van der Waals surface area contributed by atoms with Crippen LogP contribution in [0.5, 0.6) is 0 Å². The van der Waals surface area contributed by atoms with Crippen LogP contribution >= 0.6 is 0 Å². The first-order chi connectivity index (χ1) is 3.91. The van der Waals surface area contributed by atoms with Crippen molar-refractivity contribution in [2.75, 3.05) is 26.2 Å². The zero-order chi connectivity index (χ0) is 6.24. The van der Waals surface area contributed by atoms with E-state index in [4.69, 9.17) is 5.73 Å². The molecule has 0 saturated carbocycles. The lowest BCUT2D eigenvalue weighted by atomic mass is 10.6. The standard InChI is InChI=1S/C5H14N3/c1-7-4-5-8-3-2-6/h7-8H,1-6H2. The number of hydrogen-bond acceptors (Lipinski definition) is 3. The molecule has 0 fully saturated rings. The monoisotopic (exact) mass is 116 g/mol. The highest BCUT2D eigenvalue weighted by Crippen LogP contribution is 1.53. The Morgan fingerprint density at radius 1 is 1.25 bits per heavy atom. The Bertz CT molecular complexity index is 32.7. The summed E-state index contributed by atoms with van der Waals surface area (Å²) < 4.78 is 0. The predicted octanol–water partition coefficient (Wildman–Crippen LogP) is -1.08. The lowest BCUT2D eigenvalue weighted by Crippen LogP contribution is -2.28. The van der Waals surface area contributed by atoms with Crippen LogP contribution < -0.4 is 16.4 Å². The van der Waals surface area contributed by atoms with E-state index in [0.717, 1.165) is 19.6 Å². The average Bonchev–Trinajstić information content (AvgIpc) is 1.81. The van der Waals surface area contributed by atoms with Crippen molar-refractivity contribution < 1.29 is 0 Å². The van der Waals surface area contributed by atoms with Crippen molar-refractivity contribution in [3.8, 4) is 0 Å². The highest BCUT2D eigenvalue weighted by Gasteiger charge is 1.79. The molecular weight excluding hydrogens is 102 g/mol. The fourth-order valence-electron chi connectivity index (χ4n) is 0.404. The van der Waals surface area contributed by atoms with Gasteiger partial charge in [0, 0.05) is 33.2 Å². The molecule has 4 N–H and O–H groups in total. The Morgan fingerprint density at radius 3 is 2.50 bits per heavy atom. The molecule has 0 aromatic heterocycles. The third kappa shape index (κ3) is 5.88. The molecule has 0 rings (SSSR count). The summed E-state index contributed by atoms with van der Waals surface area (Å²) in [6, 6.07) is 0. The maximum atomic E-state index is 5.21. The first-order valence-corrected chi connectivity index (χ1v) is 2.82. The molecule has 1 radical (unpaired) electrons. The summed E-state index contributed by atoms with van der Waals surface area (Å²) in [6.07, 6.45) is 0. The molecule has 0 unspecified atom stereocenters. The van der Waals surface area contributed by atoms with E-state index in [-0.39, 0.29) is 0 Å². The van der Waals surface area contributed by atoms with Crippen molar-refractivity contribution in [3.05, 3.63) is 7.05 Å². The summed E-state index contributed by atoms with van der Waals surface area (Å²) in [6.45, 7) is 3.44. The topological polar surface area (TPSA) is 50.1 Å². The van der Waals surface area contributed by atoms with Crippen molar-refractivity contribution in [1.82, 2.24) is 10.6 Å². The van der Waals surface area contributed by atoms with E-state index in [0.29, 0.717) is 6.54 Å². The van der Waals surface area contributed by atoms with Crippen LogP contribution in [0.25, 0.3) is 0 Å². The summed E-state index contributed by atoms with van der Waals surface area (Å²) in [5.41, 5.74) is 5.21. The molecular formula is C5H14N3. The molecule has 0 heterocycles. The van der Waals surface area contributed by atoms with Gasteiger partial charge in [0.2, 0.25) is 0 Å². The Kier molecular flexibility index (Phi) is 6.78. The molecule has 0 atom stereocenters. The number of hydrogen-bond donors (Lipinski definition) is 3. The molecule has 0 aliphatic heterocycles. The average molecular weight is 116 g/mol. The van der Waals surface area contributed by atoms with E-state index in [9.17, 15) is 0 Å². The number of nitrogens with two attached hydrogens (primary N) is 1. The van der Waals surface area contributed by atoms with Crippen LogP contribution in [0, 0.1) is 7.05 Å². The molecule has 49 valence electrons. The largest absolute Gasteiger partial charge is 0.329 e. The van der Waals surface area contributed by atoms with Crippen LogP contribution in [-0.2, 0) is 0 Å². The second-order valence-electron chi connectivity index (χ2n) is 1.54. The van der Waals surface area contributed by atoms with Gasteiger partial charge in [0.25, 0.3) is 0 Å². The Balaban J connectivity index is 2.53. The minimum absolute atomic E-state index is 0.705. The molecule has 8 heavy (non-hydrogen) atoms. The van der Waals surface area contributed by atoms with Gasteiger partial charge >= 0.3 is 0 Å². The quantitative estimate of drug-likeness (QED) is 0.400. The Hall–Kier alpha value is -0.120. The maximum absolute atomic E-state index is 5.21. The molecule has 0 aromatic carbocycles. The molecule has 3 nitrogen and oxygen atoms in total. The molecule has 0 aliphatic rings. The van der Waals surface area contributed by atoms with Gasteiger partial charge in [0.15, 0.2) is 0 Å². The molecule has 0 aromatic rings. The third-order valence-electron chi connectivity index (χ3n) is 0.800. The Morgan fingerprint density at radius 2 is 2.00 bits per heavy atom. The number of rotatable bonds is 5. The summed E-state index contributed by atoms with van der Waals surface area (Å²) in [5.74, 6) is 0. The highest BCUT2D eigenvalue weighted by molar-refractivity contribution is 4.49. The van der Waals surface area contributed by atoms with Gasteiger partial charge in [-0.2, -0.15) is 0 Å². The van der Waals surface area contributed by atoms with Gasteiger partial charge in [-0.3, -0.25) is 0 Å². The minimum Gasteiger partial charge on any atom is -0.329 e. The SMILES string of the molecule is [CH2]NCCNCCN. The van der Waals surface area contributed by atoms with Crippen LogP contribution in [0.2, 0.25) is 0 Å². The molecule has 0 amide bonds. The van der Waals surface area contributed by atoms with E-state index in [1.54, 1.807) is 0 Å². The van der Waals surface area contributed by atoms with Crippen molar-refractivity contribution in [3.63, 3.8) is 0 Å². The summed E-state index contributed by atoms with van der Waals surface area (Å²) in [7, 11) is 3.46. The van der Waals surface area contributed by atoms with E-state index in [2.05, 4.69) is 17.7 Å². The highest BCUT2D eigenvalue weighted by atomic mass is 14.9. The third-order valence-corrected chi connectivity index (χ3v) is 0.800. The Labute approximate surface area is 50.6 Å². The van der Waals surface area contributed by atoms with Crippen LogP contribution in [0.4, 0.5) is 0 Å². The van der Waals surface area contributed by atoms with Gasteiger partial charge in [-0.05, 0) is 0 Å². The molecule has 0 saturated heterocycles. The van der Waals surface area contributed by atoms with Crippen molar-refractivity contribution in [2.24, 2.45) is 5.73 Å². The summed E-state index contributed by atoms with van der Waals surface area (Å²) in [4.78, 5) is 0. The zero-order valence-corrected chi connectivity index (χ0v) is 5.11. The maximum Gasteiger partial charge on any atom is 0.00772 e. The second-order valence-corrected chi connectivity index (χ2v) is 1.54. The smallest absolute Gasteiger partial charge is 0.00772 e. The predicted molar refractivity (Wildman–Crippen MR) is 35.3 cm³/mol. The van der Waals surface area contributed by atoms with Crippen LogP contribution in [0.15, 0.2) is 0 Å². The molecule has 3 heteroatoms. The van der Waals surface area contributed by atoms with Gasteiger partial charge in [0.1, 0.15) is 0 Å². The van der Waals surface area contributed by atoms with E-state index in [1.165, 1.54) is 0 Å². The molecule has 0 aliphatic carbocycles. The van der Waals surface area contributed by atoms with E-state index in [1.807, 2.05) is 0 Å². The normalized spacial score (nSPS) is 9.75. The van der Waals surface area contributed by atoms with Crippen LogP contribution in [-0.4, -0.2) is 26.2 Å². The van der Waals surface area contributed by atoms with Crippen molar-refractivity contribution in [1.29, 1.82) is 0 Å². The second kappa shape index (κ2) is 6.88. The lowest BCUT2D eigenvalue weighted by molar-refractivity contribution is 0.665. The molecule has 0 bridgehead atoms.